The molecule has 0 atom stereocenters. The Morgan fingerprint density at radius 3 is 1.91 bits per heavy atom. The maximum Gasteiger partial charge on any atom is 0.426 e. The summed E-state index contributed by atoms with van der Waals surface area (Å²) in [6, 6.07) is 11.5. The van der Waals surface area contributed by atoms with E-state index in [1.807, 2.05) is 6.07 Å². The molecule has 0 aliphatic heterocycles. The molecule has 1 saturated carbocycles. The fourth-order valence-corrected chi connectivity index (χ4v) is 2.80. The predicted octanol–water partition coefficient (Wildman–Crippen LogP) is 5.36. The number of nitriles is 2. The van der Waals surface area contributed by atoms with Crippen molar-refractivity contribution in [1.29, 1.82) is 10.5 Å². The van der Waals surface area contributed by atoms with E-state index in [0.29, 0.717) is 5.56 Å². The van der Waals surface area contributed by atoms with Gasteiger partial charge in [0.25, 0.3) is 0 Å². The lowest BCUT2D eigenvalue weighted by molar-refractivity contribution is -0.0875. The molecule has 0 radical (unpaired) electrons. The van der Waals surface area contributed by atoms with E-state index < -0.39 is 11.7 Å². The first-order chi connectivity index (χ1) is 10.3. The Morgan fingerprint density at radius 2 is 1.50 bits per heavy atom. The summed E-state index contributed by atoms with van der Waals surface area (Å²) in [5, 5.41) is 18.1. The third-order valence-corrected chi connectivity index (χ3v) is 3.74. The second-order valence-electron chi connectivity index (χ2n) is 4.22. The first-order valence-electron chi connectivity index (χ1n) is 5.80. The van der Waals surface area contributed by atoms with Crippen LogP contribution in [-0.4, -0.2) is 6.18 Å². The molecular formula is C15H5Br2F3N2. The standard InChI is InChI=1S/C15H5Br2F3N2/c16-14(17)13-11(12(13)10(7-22)15(18,19)20)9(6-21)8-4-2-1-3-5-8/h1-5H/b11-9-,12-10-. The zero-order chi connectivity index (χ0) is 16.5. The number of alkyl halides is 3. The average Bonchev–Trinajstić information content (AvgIpc) is 3.15. The van der Waals surface area contributed by atoms with Gasteiger partial charge in [0.05, 0.1) is 8.96 Å². The van der Waals surface area contributed by atoms with Gasteiger partial charge >= 0.3 is 6.18 Å². The molecule has 0 aromatic heterocycles. The Kier molecular flexibility index (Phi) is 4.60. The third-order valence-electron chi connectivity index (χ3n) is 2.95. The Labute approximate surface area is 141 Å². The van der Waals surface area contributed by atoms with Crippen molar-refractivity contribution in [2.75, 3.05) is 0 Å². The molecule has 7 heteroatoms. The van der Waals surface area contributed by atoms with E-state index in [0.717, 1.165) is 0 Å². The van der Waals surface area contributed by atoms with Crippen LogP contribution in [0.2, 0.25) is 0 Å². The fraction of sp³-hybridized carbons (Fsp3) is 0.0667. The van der Waals surface area contributed by atoms with Gasteiger partial charge in [-0.15, -0.1) is 0 Å². The summed E-state index contributed by atoms with van der Waals surface area (Å²) in [6.07, 6.45) is -4.77. The van der Waals surface area contributed by atoms with E-state index in [4.69, 9.17) is 5.26 Å². The van der Waals surface area contributed by atoms with Crippen LogP contribution in [0.5, 0.6) is 0 Å². The summed E-state index contributed by atoms with van der Waals surface area (Å²) in [5.41, 5.74) is -0.649. The van der Waals surface area contributed by atoms with Crippen LogP contribution < -0.4 is 0 Å². The van der Waals surface area contributed by atoms with Crippen LogP contribution in [0.4, 0.5) is 13.2 Å². The van der Waals surface area contributed by atoms with E-state index in [1.165, 1.54) is 6.07 Å². The highest BCUT2D eigenvalue weighted by Gasteiger charge is 2.47. The van der Waals surface area contributed by atoms with Crippen LogP contribution in [0.25, 0.3) is 5.57 Å². The van der Waals surface area contributed by atoms with Gasteiger partial charge in [0.2, 0.25) is 0 Å². The molecule has 1 aliphatic carbocycles. The number of nitrogens with zero attached hydrogens (tertiary/aromatic N) is 2. The van der Waals surface area contributed by atoms with E-state index >= 15 is 0 Å². The molecular weight excluding hydrogens is 425 g/mol. The van der Waals surface area contributed by atoms with Crippen molar-refractivity contribution in [2.24, 2.45) is 0 Å². The molecule has 1 aromatic carbocycles. The quantitative estimate of drug-likeness (QED) is 0.564. The maximum atomic E-state index is 13.0. The summed E-state index contributed by atoms with van der Waals surface area (Å²) in [4.78, 5) is 0. The second-order valence-corrected chi connectivity index (χ2v) is 6.87. The van der Waals surface area contributed by atoms with Crippen LogP contribution in [0, 0.1) is 22.7 Å². The largest absolute Gasteiger partial charge is 0.426 e. The van der Waals surface area contributed by atoms with E-state index in [2.05, 4.69) is 31.9 Å². The molecule has 0 saturated heterocycles. The van der Waals surface area contributed by atoms with Gasteiger partial charge in [-0.1, -0.05) is 30.3 Å². The predicted molar refractivity (Wildman–Crippen MR) is 82.5 cm³/mol. The number of rotatable bonds is 1. The van der Waals surface area contributed by atoms with Gasteiger partial charge in [0, 0.05) is 16.7 Å². The summed E-state index contributed by atoms with van der Waals surface area (Å²) < 4.78 is 39.1. The normalized spacial score (nSPS) is 18.2. The third kappa shape index (κ3) is 3.01. The zero-order valence-corrected chi connectivity index (χ0v) is 13.8. The molecule has 1 fully saturated rings. The van der Waals surface area contributed by atoms with Crippen LogP contribution in [0.1, 0.15) is 5.56 Å². The highest BCUT2D eigenvalue weighted by atomic mass is 79.9. The minimum Gasteiger partial charge on any atom is -0.192 e. The van der Waals surface area contributed by atoms with Crippen LogP contribution in [0.15, 0.2) is 56.0 Å². The fourth-order valence-electron chi connectivity index (χ4n) is 2.01. The van der Waals surface area contributed by atoms with Gasteiger partial charge in [-0.3, -0.25) is 0 Å². The molecule has 0 heterocycles. The lowest BCUT2D eigenvalue weighted by Crippen LogP contribution is -2.10. The van der Waals surface area contributed by atoms with Crippen molar-refractivity contribution >= 4 is 37.4 Å². The van der Waals surface area contributed by atoms with Crippen LogP contribution in [-0.2, 0) is 0 Å². The zero-order valence-electron chi connectivity index (χ0n) is 10.7. The van der Waals surface area contributed by atoms with E-state index in [-0.39, 0.29) is 25.7 Å². The first kappa shape index (κ1) is 16.5. The van der Waals surface area contributed by atoms with Crippen molar-refractivity contribution in [3.8, 4) is 12.1 Å². The van der Waals surface area contributed by atoms with E-state index in [9.17, 15) is 18.4 Å². The topological polar surface area (TPSA) is 47.6 Å². The minimum atomic E-state index is -4.77. The van der Waals surface area contributed by atoms with Crippen molar-refractivity contribution in [1.82, 2.24) is 0 Å². The first-order valence-corrected chi connectivity index (χ1v) is 7.39. The molecule has 0 amide bonds. The number of hydrogen-bond donors (Lipinski definition) is 0. The smallest absolute Gasteiger partial charge is 0.192 e. The average molecular weight is 430 g/mol. The minimum absolute atomic E-state index is 0.0963. The van der Waals surface area contributed by atoms with Crippen molar-refractivity contribution < 1.29 is 13.2 Å². The van der Waals surface area contributed by atoms with Crippen molar-refractivity contribution in [3.05, 3.63) is 61.6 Å². The van der Waals surface area contributed by atoms with Crippen LogP contribution in [0.3, 0.4) is 0 Å². The Balaban J connectivity index is 2.79. The molecule has 22 heavy (non-hydrogen) atoms. The lowest BCUT2D eigenvalue weighted by Gasteiger charge is -2.01. The molecule has 1 aromatic rings. The van der Waals surface area contributed by atoms with E-state index in [1.54, 1.807) is 30.3 Å². The maximum absolute atomic E-state index is 13.0. The molecule has 0 spiro atoms. The Morgan fingerprint density at radius 1 is 0.909 bits per heavy atom. The molecule has 110 valence electrons. The molecule has 0 unspecified atom stereocenters. The summed E-state index contributed by atoms with van der Waals surface area (Å²) in [7, 11) is 0. The van der Waals surface area contributed by atoms with Gasteiger partial charge in [0.1, 0.15) is 17.7 Å². The van der Waals surface area contributed by atoms with Crippen molar-refractivity contribution in [2.45, 2.75) is 6.18 Å². The van der Waals surface area contributed by atoms with Gasteiger partial charge in [-0.05, 0) is 37.4 Å². The molecule has 2 rings (SSSR count). The summed E-state index contributed by atoms with van der Waals surface area (Å²) in [6.45, 7) is 0. The molecule has 2 nitrogen and oxygen atoms in total. The Hall–Kier alpha value is -1.83. The number of allylic oxidation sites excluding steroid dienone is 5. The molecule has 1 aliphatic rings. The highest BCUT2D eigenvalue weighted by molar-refractivity contribution is 9.28. The molecule has 0 bridgehead atoms. The SMILES string of the molecule is N#C/C(=C1/C(=C(Br)Br)/C1=C(/C#N)c1ccccc1)C(F)(F)F. The summed E-state index contributed by atoms with van der Waals surface area (Å²) in [5.74, 6) is 0. The number of hydrogen-bond acceptors (Lipinski definition) is 2. The van der Waals surface area contributed by atoms with Crippen molar-refractivity contribution in [3.63, 3.8) is 0 Å². The highest BCUT2D eigenvalue weighted by Crippen LogP contribution is 2.56. The number of benzene rings is 1. The van der Waals surface area contributed by atoms with Crippen LogP contribution >= 0.6 is 31.9 Å². The lowest BCUT2D eigenvalue weighted by atomic mass is 10.1. The monoisotopic (exact) mass is 428 g/mol. The van der Waals surface area contributed by atoms with Gasteiger partial charge < -0.3 is 0 Å². The number of halogens is 5. The van der Waals surface area contributed by atoms with Gasteiger partial charge in [-0.2, -0.15) is 23.7 Å². The van der Waals surface area contributed by atoms with Gasteiger partial charge in [-0.25, -0.2) is 0 Å². The second kappa shape index (κ2) is 6.12. The Bertz CT molecular complexity index is 800. The summed E-state index contributed by atoms with van der Waals surface area (Å²) >= 11 is 6.12. The molecule has 0 N–H and O–H groups in total. The van der Waals surface area contributed by atoms with Gasteiger partial charge in [0.15, 0.2) is 0 Å².